The maximum absolute atomic E-state index is 13.1. The van der Waals surface area contributed by atoms with Crippen LogP contribution in [0.5, 0.6) is 5.75 Å². The van der Waals surface area contributed by atoms with Gasteiger partial charge in [0.25, 0.3) is 0 Å². The Labute approximate surface area is 208 Å². The summed E-state index contributed by atoms with van der Waals surface area (Å²) in [5.41, 5.74) is 6.48. The van der Waals surface area contributed by atoms with Gasteiger partial charge in [-0.1, -0.05) is 72.8 Å². The standard InChI is InChI=1S/C32H23NO3/c33-19-20-9-11-21(12-10-20)22-13-15-23(16-14-22)25-17-24-5-1-2-6-26(24)28(18-25)30-31(34)27-7-3-4-8-29(27)36-32(30)35/h1-16,25,28,34H,17-18H2/t25-,28-/m0/s1. The lowest BCUT2D eigenvalue weighted by Gasteiger charge is -2.32. The van der Waals surface area contributed by atoms with Gasteiger partial charge in [0.1, 0.15) is 11.3 Å². The second-order valence-electron chi connectivity index (χ2n) is 9.35. The fourth-order valence-electron chi connectivity index (χ4n) is 5.49. The van der Waals surface area contributed by atoms with Gasteiger partial charge in [-0.15, -0.1) is 0 Å². The van der Waals surface area contributed by atoms with E-state index in [0.717, 1.165) is 23.1 Å². The minimum absolute atomic E-state index is 0.0125. The summed E-state index contributed by atoms with van der Waals surface area (Å²) in [5, 5.41) is 20.8. The third-order valence-corrected chi connectivity index (χ3v) is 7.31. The van der Waals surface area contributed by atoms with Crippen LogP contribution in [-0.2, 0) is 6.42 Å². The molecule has 4 heteroatoms. The molecule has 0 aliphatic heterocycles. The van der Waals surface area contributed by atoms with Gasteiger partial charge in [0, 0.05) is 5.92 Å². The molecule has 0 radical (unpaired) electrons. The lowest BCUT2D eigenvalue weighted by molar-refractivity contribution is 0.437. The average molecular weight is 470 g/mol. The summed E-state index contributed by atoms with van der Waals surface area (Å²) in [6.07, 6.45) is 1.56. The molecule has 36 heavy (non-hydrogen) atoms. The molecule has 4 nitrogen and oxygen atoms in total. The van der Waals surface area contributed by atoms with Gasteiger partial charge in [0.05, 0.1) is 22.6 Å². The van der Waals surface area contributed by atoms with Crippen molar-refractivity contribution in [2.75, 3.05) is 0 Å². The van der Waals surface area contributed by atoms with Crippen LogP contribution in [0.1, 0.15) is 46.1 Å². The van der Waals surface area contributed by atoms with E-state index in [1.54, 1.807) is 18.2 Å². The Balaban J connectivity index is 1.39. The molecule has 6 rings (SSSR count). The topological polar surface area (TPSA) is 74.2 Å². The van der Waals surface area contributed by atoms with E-state index in [0.29, 0.717) is 28.5 Å². The van der Waals surface area contributed by atoms with Crippen LogP contribution < -0.4 is 5.63 Å². The van der Waals surface area contributed by atoms with Gasteiger partial charge in [-0.05, 0) is 70.8 Å². The first-order valence-electron chi connectivity index (χ1n) is 12.1. The highest BCUT2D eigenvalue weighted by molar-refractivity contribution is 5.84. The summed E-state index contributed by atoms with van der Waals surface area (Å²) < 4.78 is 5.63. The summed E-state index contributed by atoms with van der Waals surface area (Å²) >= 11 is 0. The number of aromatic hydroxyl groups is 1. The minimum Gasteiger partial charge on any atom is -0.507 e. The van der Waals surface area contributed by atoms with Gasteiger partial charge < -0.3 is 9.52 Å². The second-order valence-corrected chi connectivity index (χ2v) is 9.35. The van der Waals surface area contributed by atoms with Crippen LogP contribution in [0.2, 0.25) is 0 Å². The molecule has 4 aromatic carbocycles. The van der Waals surface area contributed by atoms with Crippen molar-refractivity contribution in [3.05, 3.63) is 135 Å². The molecule has 1 N–H and O–H groups in total. The highest BCUT2D eigenvalue weighted by Gasteiger charge is 2.33. The molecule has 0 fully saturated rings. The van der Waals surface area contributed by atoms with Gasteiger partial charge >= 0.3 is 5.63 Å². The zero-order valence-corrected chi connectivity index (χ0v) is 19.5. The molecule has 0 saturated heterocycles. The van der Waals surface area contributed by atoms with Crippen LogP contribution in [-0.4, -0.2) is 5.11 Å². The van der Waals surface area contributed by atoms with Crippen LogP contribution in [0.3, 0.4) is 0 Å². The van der Waals surface area contributed by atoms with E-state index in [1.165, 1.54) is 11.1 Å². The molecule has 2 atom stereocenters. The fourth-order valence-corrected chi connectivity index (χ4v) is 5.49. The number of benzene rings is 4. The number of rotatable bonds is 3. The largest absolute Gasteiger partial charge is 0.507 e. The summed E-state index contributed by atoms with van der Waals surface area (Å²) in [4.78, 5) is 13.1. The monoisotopic (exact) mass is 469 g/mol. The molecule has 0 saturated carbocycles. The van der Waals surface area contributed by atoms with Crippen LogP contribution in [0, 0.1) is 11.3 Å². The van der Waals surface area contributed by atoms with E-state index in [2.05, 4.69) is 42.5 Å². The van der Waals surface area contributed by atoms with Crippen molar-refractivity contribution in [3.63, 3.8) is 0 Å². The molecule has 5 aromatic rings. The summed E-state index contributed by atoms with van der Waals surface area (Å²) in [6.45, 7) is 0. The molecule has 1 aliphatic rings. The molecule has 1 aromatic heterocycles. The van der Waals surface area contributed by atoms with E-state index in [-0.39, 0.29) is 17.6 Å². The number of fused-ring (bicyclic) bond motifs is 2. The Morgan fingerprint density at radius 2 is 1.50 bits per heavy atom. The SMILES string of the molecule is N#Cc1ccc(-c2ccc([C@H]3Cc4ccccc4[C@@H](c4c(O)c5ccccc5oc4=O)C3)cc2)cc1. The molecule has 0 bridgehead atoms. The predicted molar refractivity (Wildman–Crippen MR) is 140 cm³/mol. The van der Waals surface area contributed by atoms with Crippen molar-refractivity contribution in [3.8, 4) is 22.9 Å². The lowest BCUT2D eigenvalue weighted by atomic mass is 9.72. The van der Waals surface area contributed by atoms with E-state index in [4.69, 9.17) is 9.68 Å². The van der Waals surface area contributed by atoms with Crippen LogP contribution in [0.4, 0.5) is 0 Å². The first-order valence-corrected chi connectivity index (χ1v) is 12.1. The Kier molecular flexibility index (Phi) is 5.39. The van der Waals surface area contributed by atoms with Crippen LogP contribution >= 0.6 is 0 Å². The van der Waals surface area contributed by atoms with Crippen LogP contribution in [0.15, 0.2) is 106 Å². The highest BCUT2D eigenvalue weighted by atomic mass is 16.4. The number of nitrogens with zero attached hydrogens (tertiary/aromatic N) is 1. The summed E-state index contributed by atoms with van der Waals surface area (Å²) in [7, 11) is 0. The van der Waals surface area contributed by atoms with Crippen molar-refractivity contribution in [2.45, 2.75) is 24.7 Å². The van der Waals surface area contributed by atoms with Gasteiger partial charge in [0.15, 0.2) is 0 Å². The van der Waals surface area contributed by atoms with Crippen LogP contribution in [0.25, 0.3) is 22.1 Å². The Morgan fingerprint density at radius 1 is 0.833 bits per heavy atom. The van der Waals surface area contributed by atoms with E-state index in [1.807, 2.05) is 42.5 Å². The molecular weight excluding hydrogens is 446 g/mol. The third-order valence-electron chi connectivity index (χ3n) is 7.31. The Morgan fingerprint density at radius 3 is 2.25 bits per heavy atom. The number of nitriles is 1. The quantitative estimate of drug-likeness (QED) is 0.292. The number of para-hydroxylation sites is 1. The zero-order valence-electron chi connectivity index (χ0n) is 19.5. The van der Waals surface area contributed by atoms with Crippen molar-refractivity contribution in [1.29, 1.82) is 5.26 Å². The molecule has 0 unspecified atom stereocenters. The summed E-state index contributed by atoms with van der Waals surface area (Å²) in [6, 6.07) is 33.5. The van der Waals surface area contributed by atoms with Crippen molar-refractivity contribution in [2.24, 2.45) is 0 Å². The maximum atomic E-state index is 13.1. The van der Waals surface area contributed by atoms with E-state index in [9.17, 15) is 9.90 Å². The molecule has 1 aliphatic carbocycles. The van der Waals surface area contributed by atoms with E-state index >= 15 is 0 Å². The third kappa shape index (κ3) is 3.76. The number of hydrogen-bond donors (Lipinski definition) is 1. The predicted octanol–water partition coefficient (Wildman–Crippen LogP) is 6.90. The van der Waals surface area contributed by atoms with E-state index < -0.39 is 5.63 Å². The molecule has 174 valence electrons. The van der Waals surface area contributed by atoms with Crippen molar-refractivity contribution >= 4 is 11.0 Å². The first-order chi connectivity index (χ1) is 17.6. The number of hydrogen-bond acceptors (Lipinski definition) is 4. The second kappa shape index (κ2) is 8.87. The Hall–Kier alpha value is -4.62. The molecule has 0 amide bonds. The van der Waals surface area contributed by atoms with Crippen molar-refractivity contribution < 1.29 is 9.52 Å². The van der Waals surface area contributed by atoms with Gasteiger partial charge in [0.2, 0.25) is 0 Å². The Bertz CT molecular complexity index is 1670. The highest BCUT2D eigenvalue weighted by Crippen LogP contribution is 2.45. The average Bonchev–Trinajstić information content (AvgIpc) is 2.93. The molecule has 0 spiro atoms. The maximum Gasteiger partial charge on any atom is 0.343 e. The van der Waals surface area contributed by atoms with Gasteiger partial charge in [-0.25, -0.2) is 4.79 Å². The van der Waals surface area contributed by atoms with Crippen molar-refractivity contribution in [1.82, 2.24) is 0 Å². The minimum atomic E-state index is -0.484. The smallest absolute Gasteiger partial charge is 0.343 e. The normalized spacial score (nSPS) is 16.9. The summed E-state index contributed by atoms with van der Waals surface area (Å²) in [5.74, 6) is -0.0670. The molecule has 1 heterocycles. The van der Waals surface area contributed by atoms with Gasteiger partial charge in [-0.3, -0.25) is 0 Å². The first kappa shape index (κ1) is 21.9. The molecular formula is C32H23NO3. The lowest BCUT2D eigenvalue weighted by Crippen LogP contribution is -2.23. The zero-order chi connectivity index (χ0) is 24.6. The van der Waals surface area contributed by atoms with Gasteiger partial charge in [-0.2, -0.15) is 5.26 Å². The fraction of sp³-hybridized carbons (Fsp3) is 0.125.